The summed E-state index contributed by atoms with van der Waals surface area (Å²) in [5.41, 5.74) is 1.05. The van der Waals surface area contributed by atoms with Crippen LogP contribution in [-0.4, -0.2) is 36.3 Å². The van der Waals surface area contributed by atoms with Gasteiger partial charge in [0.2, 0.25) is 10.0 Å². The van der Waals surface area contributed by atoms with Crippen LogP contribution in [-0.2, 0) is 10.0 Å². The van der Waals surface area contributed by atoms with Crippen LogP contribution in [0.3, 0.4) is 0 Å². The van der Waals surface area contributed by atoms with E-state index >= 15 is 0 Å². The molecule has 19 heavy (non-hydrogen) atoms. The Morgan fingerprint density at radius 3 is 2.89 bits per heavy atom. The molecule has 0 amide bonds. The molecule has 1 aromatic carbocycles. The molecule has 1 aromatic heterocycles. The summed E-state index contributed by atoms with van der Waals surface area (Å²) in [5, 5.41) is 3.26. The fourth-order valence-electron chi connectivity index (χ4n) is 1.83. The molecule has 1 heterocycles. The Balaban J connectivity index is 1.73. The SMILES string of the molecule is O=S(=O)(NCCNC1CC1)c1cccc2nsnc12. The van der Waals surface area contributed by atoms with Crippen LogP contribution in [0, 0.1) is 0 Å². The van der Waals surface area contributed by atoms with E-state index < -0.39 is 10.0 Å². The lowest BCUT2D eigenvalue weighted by Gasteiger charge is -2.07. The fraction of sp³-hybridized carbons (Fsp3) is 0.455. The van der Waals surface area contributed by atoms with Crippen LogP contribution in [0.5, 0.6) is 0 Å². The van der Waals surface area contributed by atoms with E-state index in [1.807, 2.05) is 0 Å². The second-order valence-corrected chi connectivity index (χ2v) is 6.78. The first-order valence-corrected chi connectivity index (χ1v) is 8.32. The van der Waals surface area contributed by atoms with Gasteiger partial charge in [-0.2, -0.15) is 8.75 Å². The molecule has 0 aliphatic heterocycles. The molecule has 102 valence electrons. The van der Waals surface area contributed by atoms with E-state index in [-0.39, 0.29) is 4.90 Å². The number of sulfonamides is 1. The molecule has 0 atom stereocenters. The molecular formula is C11H14N4O2S2. The predicted octanol–water partition coefficient (Wildman–Crippen LogP) is 0.722. The van der Waals surface area contributed by atoms with Crippen LogP contribution in [0.4, 0.5) is 0 Å². The maximum Gasteiger partial charge on any atom is 0.242 e. The highest BCUT2D eigenvalue weighted by molar-refractivity contribution is 7.89. The summed E-state index contributed by atoms with van der Waals surface area (Å²) >= 11 is 1.02. The van der Waals surface area contributed by atoms with Crippen molar-refractivity contribution in [2.75, 3.05) is 13.1 Å². The highest BCUT2D eigenvalue weighted by Crippen LogP contribution is 2.21. The van der Waals surface area contributed by atoms with Crippen molar-refractivity contribution in [3.05, 3.63) is 18.2 Å². The van der Waals surface area contributed by atoms with E-state index in [0.29, 0.717) is 30.2 Å². The van der Waals surface area contributed by atoms with E-state index in [1.54, 1.807) is 18.2 Å². The zero-order valence-electron chi connectivity index (χ0n) is 10.2. The van der Waals surface area contributed by atoms with Crippen molar-refractivity contribution in [2.24, 2.45) is 0 Å². The number of hydrogen-bond acceptors (Lipinski definition) is 6. The van der Waals surface area contributed by atoms with Crippen molar-refractivity contribution in [1.29, 1.82) is 0 Å². The second-order valence-electron chi connectivity index (χ2n) is 4.51. The van der Waals surface area contributed by atoms with E-state index in [2.05, 4.69) is 18.8 Å². The Morgan fingerprint density at radius 2 is 2.11 bits per heavy atom. The zero-order chi connectivity index (χ0) is 13.3. The average Bonchev–Trinajstić information content (AvgIpc) is 3.09. The minimum absolute atomic E-state index is 0.199. The third-order valence-electron chi connectivity index (χ3n) is 2.97. The van der Waals surface area contributed by atoms with Crippen molar-refractivity contribution < 1.29 is 8.42 Å². The van der Waals surface area contributed by atoms with Gasteiger partial charge in [0.15, 0.2) is 0 Å². The second kappa shape index (κ2) is 5.12. The number of rotatable bonds is 6. The maximum absolute atomic E-state index is 12.2. The minimum atomic E-state index is -3.52. The first kappa shape index (κ1) is 12.9. The molecular weight excluding hydrogens is 284 g/mol. The number of benzene rings is 1. The lowest BCUT2D eigenvalue weighted by molar-refractivity contribution is 0.576. The smallest absolute Gasteiger partial charge is 0.242 e. The van der Waals surface area contributed by atoms with Gasteiger partial charge in [-0.25, -0.2) is 13.1 Å². The molecule has 0 bridgehead atoms. The lowest BCUT2D eigenvalue weighted by atomic mass is 10.3. The number of fused-ring (bicyclic) bond motifs is 1. The van der Waals surface area contributed by atoms with Gasteiger partial charge >= 0.3 is 0 Å². The van der Waals surface area contributed by atoms with E-state index in [9.17, 15) is 8.42 Å². The van der Waals surface area contributed by atoms with E-state index in [1.165, 1.54) is 12.8 Å². The van der Waals surface area contributed by atoms with Gasteiger partial charge in [0.25, 0.3) is 0 Å². The summed E-state index contributed by atoms with van der Waals surface area (Å²) in [5.74, 6) is 0. The molecule has 1 aliphatic rings. The fourth-order valence-corrected chi connectivity index (χ4v) is 3.62. The Kier molecular flexibility index (Phi) is 3.48. The summed E-state index contributed by atoms with van der Waals surface area (Å²) < 4.78 is 35.1. The van der Waals surface area contributed by atoms with Crippen molar-refractivity contribution in [3.63, 3.8) is 0 Å². The number of nitrogens with one attached hydrogen (secondary N) is 2. The quantitative estimate of drug-likeness (QED) is 0.768. The highest BCUT2D eigenvalue weighted by atomic mass is 32.2. The Labute approximate surface area is 115 Å². The van der Waals surface area contributed by atoms with Gasteiger partial charge in [-0.15, -0.1) is 0 Å². The molecule has 1 aliphatic carbocycles. The van der Waals surface area contributed by atoms with Crippen molar-refractivity contribution in [2.45, 2.75) is 23.8 Å². The number of hydrogen-bond donors (Lipinski definition) is 2. The van der Waals surface area contributed by atoms with E-state index in [4.69, 9.17) is 0 Å². The van der Waals surface area contributed by atoms with Crippen molar-refractivity contribution in [3.8, 4) is 0 Å². The Morgan fingerprint density at radius 1 is 1.26 bits per heavy atom. The summed E-state index contributed by atoms with van der Waals surface area (Å²) in [6.07, 6.45) is 2.38. The van der Waals surface area contributed by atoms with Crippen LogP contribution >= 0.6 is 11.7 Å². The number of nitrogens with zero attached hydrogens (tertiary/aromatic N) is 2. The summed E-state index contributed by atoms with van der Waals surface area (Å²) in [6, 6.07) is 5.57. The normalized spacial score (nSPS) is 16.0. The van der Waals surface area contributed by atoms with Gasteiger partial charge in [0.1, 0.15) is 15.9 Å². The van der Waals surface area contributed by atoms with Crippen LogP contribution in [0.2, 0.25) is 0 Å². The van der Waals surface area contributed by atoms with Gasteiger partial charge < -0.3 is 5.32 Å². The minimum Gasteiger partial charge on any atom is -0.313 e. The predicted molar refractivity (Wildman–Crippen MR) is 73.6 cm³/mol. The zero-order valence-corrected chi connectivity index (χ0v) is 11.8. The summed E-state index contributed by atoms with van der Waals surface area (Å²) in [6.45, 7) is 1.03. The van der Waals surface area contributed by atoms with Crippen LogP contribution in [0.1, 0.15) is 12.8 Å². The van der Waals surface area contributed by atoms with E-state index in [0.717, 1.165) is 11.7 Å². The molecule has 0 radical (unpaired) electrons. The molecule has 1 saturated carbocycles. The standard InChI is InChI=1S/C11H14N4O2S2/c16-19(17,13-7-6-12-8-4-5-8)10-3-1-2-9-11(10)15-18-14-9/h1-3,8,12-13H,4-7H2. The summed E-state index contributed by atoms with van der Waals surface area (Å²) in [4.78, 5) is 0.199. The largest absolute Gasteiger partial charge is 0.313 e. The maximum atomic E-state index is 12.2. The molecule has 2 aromatic rings. The third-order valence-corrected chi connectivity index (χ3v) is 5.00. The third kappa shape index (κ3) is 2.92. The van der Waals surface area contributed by atoms with Crippen molar-refractivity contribution >= 4 is 32.8 Å². The lowest BCUT2D eigenvalue weighted by Crippen LogP contribution is -2.32. The van der Waals surface area contributed by atoms with Crippen LogP contribution < -0.4 is 10.0 Å². The van der Waals surface area contributed by atoms with Crippen LogP contribution in [0.25, 0.3) is 11.0 Å². The Bertz CT molecular complexity index is 679. The van der Waals surface area contributed by atoms with Gasteiger partial charge in [0.05, 0.1) is 11.7 Å². The molecule has 3 rings (SSSR count). The first-order valence-electron chi connectivity index (χ1n) is 6.11. The molecule has 0 spiro atoms. The molecule has 0 saturated heterocycles. The first-order chi connectivity index (χ1) is 9.17. The monoisotopic (exact) mass is 298 g/mol. The topological polar surface area (TPSA) is 84.0 Å². The molecule has 6 nitrogen and oxygen atoms in total. The average molecular weight is 298 g/mol. The van der Waals surface area contributed by atoms with Gasteiger partial charge in [0, 0.05) is 19.1 Å². The Hall–Kier alpha value is -1.09. The van der Waals surface area contributed by atoms with Crippen molar-refractivity contribution in [1.82, 2.24) is 18.8 Å². The summed E-state index contributed by atoms with van der Waals surface area (Å²) in [7, 11) is -3.52. The molecule has 2 N–H and O–H groups in total. The highest BCUT2D eigenvalue weighted by Gasteiger charge is 2.21. The molecule has 8 heteroatoms. The van der Waals surface area contributed by atoms with Crippen LogP contribution in [0.15, 0.2) is 23.1 Å². The number of aromatic nitrogens is 2. The van der Waals surface area contributed by atoms with Gasteiger partial charge in [-0.05, 0) is 25.0 Å². The van der Waals surface area contributed by atoms with Gasteiger partial charge in [-0.3, -0.25) is 0 Å². The molecule has 0 unspecified atom stereocenters. The van der Waals surface area contributed by atoms with Gasteiger partial charge in [-0.1, -0.05) is 6.07 Å². The molecule has 1 fully saturated rings.